The van der Waals surface area contributed by atoms with Crippen LogP contribution < -0.4 is 4.90 Å². The molecule has 0 radical (unpaired) electrons. The van der Waals surface area contributed by atoms with Gasteiger partial charge in [0.15, 0.2) is 0 Å². The Morgan fingerprint density at radius 1 is 0.913 bits per heavy atom. The molecule has 2 aromatic carbocycles. The van der Waals surface area contributed by atoms with Crippen LogP contribution in [0.25, 0.3) is 10.8 Å². The summed E-state index contributed by atoms with van der Waals surface area (Å²) in [5.41, 5.74) is 2.07. The van der Waals surface area contributed by atoms with Gasteiger partial charge in [0, 0.05) is 40.7 Å². The van der Waals surface area contributed by atoms with Gasteiger partial charge >= 0.3 is 0 Å². The molecule has 2 amide bonds. The highest BCUT2D eigenvalue weighted by atomic mass is 16.3. The Morgan fingerprint density at radius 2 is 1.61 bits per heavy atom. The van der Waals surface area contributed by atoms with Crippen molar-refractivity contribution in [2.45, 2.75) is 19.3 Å². The molecule has 4 rings (SSSR count). The molecule has 5 heteroatoms. The predicted octanol–water partition coefficient (Wildman–Crippen LogP) is 2.38. The van der Waals surface area contributed by atoms with Gasteiger partial charge in [-0.1, -0.05) is 12.1 Å². The zero-order valence-corrected chi connectivity index (χ0v) is 12.8. The van der Waals surface area contributed by atoms with E-state index in [4.69, 9.17) is 0 Å². The molecule has 23 heavy (non-hydrogen) atoms. The van der Waals surface area contributed by atoms with E-state index in [1.54, 1.807) is 12.1 Å². The molecule has 0 atom stereocenters. The first kappa shape index (κ1) is 14.2. The van der Waals surface area contributed by atoms with Crippen LogP contribution in [-0.4, -0.2) is 41.6 Å². The summed E-state index contributed by atoms with van der Waals surface area (Å²) in [4.78, 5) is 28.1. The minimum atomic E-state index is -0.596. The van der Waals surface area contributed by atoms with E-state index in [1.165, 1.54) is 19.3 Å². The van der Waals surface area contributed by atoms with Crippen LogP contribution >= 0.6 is 0 Å². The molecule has 0 spiro atoms. The Kier molecular flexibility index (Phi) is 3.31. The number of hydrogen-bond acceptors (Lipinski definition) is 4. The zero-order chi connectivity index (χ0) is 16.0. The molecule has 1 fully saturated rings. The lowest BCUT2D eigenvalue weighted by Crippen LogP contribution is -2.41. The quantitative estimate of drug-likeness (QED) is 0.865. The van der Waals surface area contributed by atoms with Crippen molar-refractivity contribution in [3.63, 3.8) is 0 Å². The summed E-state index contributed by atoms with van der Waals surface area (Å²) in [6.45, 7) is 1.41. The van der Waals surface area contributed by atoms with E-state index < -0.39 is 18.5 Å². The van der Waals surface area contributed by atoms with Crippen molar-refractivity contribution >= 4 is 28.3 Å². The van der Waals surface area contributed by atoms with Gasteiger partial charge in [-0.15, -0.1) is 0 Å². The molecule has 0 unspecified atom stereocenters. The molecule has 2 aromatic rings. The number of imide groups is 1. The van der Waals surface area contributed by atoms with E-state index in [0.717, 1.165) is 34.4 Å². The van der Waals surface area contributed by atoms with Gasteiger partial charge in [-0.2, -0.15) is 0 Å². The second-order valence-electron chi connectivity index (χ2n) is 6.09. The fraction of sp³-hybridized carbons (Fsp3) is 0.333. The first-order valence-corrected chi connectivity index (χ1v) is 8.00. The SMILES string of the molecule is O=C1c2cccc3c(N4CCCCC4)ccc(c23)C(=O)N1CO. The van der Waals surface area contributed by atoms with Gasteiger partial charge in [-0.05, 0) is 37.5 Å². The van der Waals surface area contributed by atoms with Gasteiger partial charge < -0.3 is 10.0 Å². The number of aliphatic hydroxyl groups is 1. The fourth-order valence-electron chi connectivity index (χ4n) is 3.67. The summed E-state index contributed by atoms with van der Waals surface area (Å²) >= 11 is 0. The molecule has 0 bridgehead atoms. The molecule has 2 heterocycles. The molecular formula is C18H18N2O3. The maximum atomic E-state index is 12.5. The fourth-order valence-corrected chi connectivity index (χ4v) is 3.67. The van der Waals surface area contributed by atoms with Gasteiger partial charge in [0.2, 0.25) is 0 Å². The summed E-state index contributed by atoms with van der Waals surface area (Å²) in [5, 5.41) is 11.0. The van der Waals surface area contributed by atoms with E-state index in [0.29, 0.717) is 11.1 Å². The monoisotopic (exact) mass is 310 g/mol. The van der Waals surface area contributed by atoms with E-state index in [9.17, 15) is 14.7 Å². The average molecular weight is 310 g/mol. The first-order chi connectivity index (χ1) is 11.2. The predicted molar refractivity (Wildman–Crippen MR) is 87.6 cm³/mol. The van der Waals surface area contributed by atoms with Gasteiger partial charge in [0.25, 0.3) is 11.8 Å². The van der Waals surface area contributed by atoms with Crippen LogP contribution in [0.4, 0.5) is 5.69 Å². The van der Waals surface area contributed by atoms with Crippen LogP contribution in [0.2, 0.25) is 0 Å². The van der Waals surface area contributed by atoms with Crippen molar-refractivity contribution in [1.29, 1.82) is 0 Å². The highest BCUT2D eigenvalue weighted by molar-refractivity contribution is 6.26. The van der Waals surface area contributed by atoms with Crippen LogP contribution in [-0.2, 0) is 0 Å². The van der Waals surface area contributed by atoms with Crippen LogP contribution in [0, 0.1) is 0 Å². The maximum Gasteiger partial charge on any atom is 0.263 e. The van der Waals surface area contributed by atoms with E-state index in [1.807, 2.05) is 18.2 Å². The van der Waals surface area contributed by atoms with E-state index in [2.05, 4.69) is 4.90 Å². The largest absolute Gasteiger partial charge is 0.376 e. The van der Waals surface area contributed by atoms with Crippen LogP contribution in [0.1, 0.15) is 40.0 Å². The summed E-state index contributed by atoms with van der Waals surface area (Å²) in [7, 11) is 0. The minimum absolute atomic E-state index is 0.425. The molecule has 5 nitrogen and oxygen atoms in total. The Balaban J connectivity index is 1.95. The average Bonchev–Trinajstić information content (AvgIpc) is 2.60. The molecule has 118 valence electrons. The van der Waals surface area contributed by atoms with Gasteiger partial charge in [0.1, 0.15) is 6.73 Å². The number of hydrogen-bond donors (Lipinski definition) is 1. The lowest BCUT2D eigenvalue weighted by atomic mass is 9.92. The molecule has 1 N–H and O–H groups in total. The van der Waals surface area contributed by atoms with Crippen LogP contribution in [0.15, 0.2) is 30.3 Å². The number of piperidine rings is 1. The summed E-state index contributed by atoms with van der Waals surface area (Å²) < 4.78 is 0. The first-order valence-electron chi connectivity index (χ1n) is 8.00. The van der Waals surface area contributed by atoms with Crippen molar-refractivity contribution in [2.24, 2.45) is 0 Å². The zero-order valence-electron chi connectivity index (χ0n) is 12.8. The Hall–Kier alpha value is -2.40. The summed E-state index contributed by atoms with van der Waals surface area (Å²) in [5.74, 6) is -0.849. The number of rotatable bonds is 2. The third kappa shape index (κ3) is 2.04. The Bertz CT molecular complexity index is 787. The molecular weight excluding hydrogens is 292 g/mol. The molecule has 2 aliphatic heterocycles. The Labute approximate surface area is 134 Å². The van der Waals surface area contributed by atoms with E-state index >= 15 is 0 Å². The number of benzene rings is 2. The van der Waals surface area contributed by atoms with Crippen LogP contribution in [0.3, 0.4) is 0 Å². The van der Waals surface area contributed by atoms with Crippen molar-refractivity contribution in [3.05, 3.63) is 41.5 Å². The Morgan fingerprint density at radius 3 is 2.30 bits per heavy atom. The normalized spacial score (nSPS) is 18.0. The van der Waals surface area contributed by atoms with Gasteiger partial charge in [-0.25, -0.2) is 0 Å². The minimum Gasteiger partial charge on any atom is -0.376 e. The number of aliphatic hydroxyl groups excluding tert-OH is 1. The van der Waals surface area contributed by atoms with Crippen molar-refractivity contribution < 1.29 is 14.7 Å². The second kappa shape index (κ2) is 5.35. The molecule has 0 aliphatic carbocycles. The lowest BCUT2D eigenvalue weighted by Gasteiger charge is -2.32. The van der Waals surface area contributed by atoms with Crippen LogP contribution in [0.5, 0.6) is 0 Å². The summed E-state index contributed by atoms with van der Waals surface area (Å²) in [6, 6.07) is 9.30. The highest BCUT2D eigenvalue weighted by Crippen LogP contribution is 2.36. The third-order valence-electron chi connectivity index (χ3n) is 4.81. The van der Waals surface area contributed by atoms with Crippen molar-refractivity contribution in [2.75, 3.05) is 24.7 Å². The van der Waals surface area contributed by atoms with Crippen molar-refractivity contribution in [1.82, 2.24) is 4.90 Å². The number of anilines is 1. The molecule has 1 saturated heterocycles. The second-order valence-corrected chi connectivity index (χ2v) is 6.09. The highest BCUT2D eigenvalue weighted by Gasteiger charge is 2.33. The van der Waals surface area contributed by atoms with Gasteiger partial charge in [-0.3, -0.25) is 14.5 Å². The molecule has 2 aliphatic rings. The number of nitrogens with zero attached hydrogens (tertiary/aromatic N) is 2. The standard InChI is InChI=1S/C18H18N2O3/c21-11-20-17(22)13-6-4-5-12-15(19-9-2-1-3-10-19)8-7-14(16(12)13)18(20)23/h4-8,21H,1-3,9-11H2. The molecule has 0 saturated carbocycles. The molecule has 0 aromatic heterocycles. The van der Waals surface area contributed by atoms with Crippen molar-refractivity contribution in [3.8, 4) is 0 Å². The topological polar surface area (TPSA) is 60.9 Å². The number of amides is 2. The number of carbonyl (C=O) groups is 2. The number of carbonyl (C=O) groups excluding carboxylic acids is 2. The van der Waals surface area contributed by atoms with Gasteiger partial charge in [0.05, 0.1) is 0 Å². The van der Waals surface area contributed by atoms with E-state index in [-0.39, 0.29) is 0 Å². The maximum absolute atomic E-state index is 12.5. The third-order valence-corrected chi connectivity index (χ3v) is 4.81. The lowest BCUT2D eigenvalue weighted by molar-refractivity contribution is 0.0444. The smallest absolute Gasteiger partial charge is 0.263 e. The summed E-state index contributed by atoms with van der Waals surface area (Å²) in [6.07, 6.45) is 3.58.